The number of aromatic nitrogens is 3. The van der Waals surface area contributed by atoms with E-state index >= 15 is 0 Å². The van der Waals surface area contributed by atoms with E-state index in [-0.39, 0.29) is 12.5 Å². The van der Waals surface area contributed by atoms with Crippen LogP contribution in [-0.2, 0) is 18.4 Å². The minimum absolute atomic E-state index is 0.000741. The van der Waals surface area contributed by atoms with Gasteiger partial charge in [-0.2, -0.15) is 5.10 Å². The van der Waals surface area contributed by atoms with Crippen molar-refractivity contribution in [1.29, 1.82) is 0 Å². The van der Waals surface area contributed by atoms with Gasteiger partial charge in [0.2, 0.25) is 0 Å². The minimum Gasteiger partial charge on any atom is -0.481 e. The van der Waals surface area contributed by atoms with Crippen molar-refractivity contribution in [2.24, 2.45) is 7.05 Å². The topological polar surface area (TPSA) is 71.2 Å². The molecule has 6 heteroatoms. The Labute approximate surface area is 94.9 Å². The first-order valence-electron chi connectivity index (χ1n) is 5.33. The summed E-state index contributed by atoms with van der Waals surface area (Å²) in [5.41, 5.74) is 0. The van der Waals surface area contributed by atoms with Gasteiger partial charge in [-0.05, 0) is 13.5 Å². The summed E-state index contributed by atoms with van der Waals surface area (Å²) < 4.78 is 1.70. The van der Waals surface area contributed by atoms with Gasteiger partial charge >= 0.3 is 5.97 Å². The van der Waals surface area contributed by atoms with Crippen LogP contribution in [0.1, 0.15) is 26.1 Å². The van der Waals surface area contributed by atoms with E-state index in [0.29, 0.717) is 6.54 Å². The van der Waals surface area contributed by atoms with E-state index in [1.54, 1.807) is 4.68 Å². The summed E-state index contributed by atoms with van der Waals surface area (Å²) in [6.07, 6.45) is 1.65. The van der Waals surface area contributed by atoms with E-state index in [1.807, 2.05) is 20.9 Å². The maximum absolute atomic E-state index is 10.6. The zero-order valence-corrected chi connectivity index (χ0v) is 9.92. The minimum atomic E-state index is -0.774. The smallest absolute Gasteiger partial charge is 0.304 e. The number of nitrogens with zero attached hydrogens (tertiary/aromatic N) is 4. The lowest BCUT2D eigenvalue weighted by molar-refractivity contribution is -0.138. The standard InChI is InChI=1S/C10H18N4O2/c1-4-14(8(2)5-10(15)16)6-9-11-7-12-13(9)3/h7-8H,4-6H2,1-3H3,(H,15,16). The third-order valence-electron chi connectivity index (χ3n) is 2.65. The number of aliphatic carboxylic acids is 1. The van der Waals surface area contributed by atoms with E-state index in [2.05, 4.69) is 15.0 Å². The second-order valence-electron chi connectivity index (χ2n) is 3.81. The molecule has 0 radical (unpaired) electrons. The van der Waals surface area contributed by atoms with Crippen LogP contribution in [0.2, 0.25) is 0 Å². The van der Waals surface area contributed by atoms with Gasteiger partial charge in [0, 0.05) is 13.1 Å². The van der Waals surface area contributed by atoms with Crippen molar-refractivity contribution in [2.75, 3.05) is 6.54 Å². The fraction of sp³-hybridized carbons (Fsp3) is 0.700. The van der Waals surface area contributed by atoms with E-state index < -0.39 is 5.97 Å². The van der Waals surface area contributed by atoms with Crippen molar-refractivity contribution in [3.8, 4) is 0 Å². The van der Waals surface area contributed by atoms with Gasteiger partial charge in [-0.15, -0.1) is 0 Å². The van der Waals surface area contributed by atoms with Gasteiger partial charge in [-0.3, -0.25) is 14.4 Å². The zero-order valence-electron chi connectivity index (χ0n) is 9.92. The van der Waals surface area contributed by atoms with Crippen LogP contribution in [-0.4, -0.2) is 43.3 Å². The molecule has 1 N–H and O–H groups in total. The molecule has 0 aliphatic carbocycles. The molecule has 0 saturated carbocycles. The molecule has 0 aliphatic heterocycles. The Morgan fingerprint density at radius 1 is 1.69 bits per heavy atom. The molecule has 1 heterocycles. The molecule has 0 aliphatic rings. The van der Waals surface area contributed by atoms with Crippen LogP contribution in [0.5, 0.6) is 0 Å². The molecule has 0 bridgehead atoms. The van der Waals surface area contributed by atoms with E-state index in [9.17, 15) is 4.79 Å². The summed E-state index contributed by atoms with van der Waals surface area (Å²) in [5.74, 6) is 0.0722. The number of aryl methyl sites for hydroxylation is 1. The second kappa shape index (κ2) is 5.60. The van der Waals surface area contributed by atoms with Crippen LogP contribution >= 0.6 is 0 Å². The highest BCUT2D eigenvalue weighted by molar-refractivity contribution is 5.67. The number of carboxylic acids is 1. The van der Waals surface area contributed by atoms with Crippen LogP contribution in [0.15, 0.2) is 6.33 Å². The molecule has 1 rings (SSSR count). The number of carbonyl (C=O) groups is 1. The fourth-order valence-electron chi connectivity index (χ4n) is 1.61. The number of carboxylic acid groups (broad SMARTS) is 1. The third kappa shape index (κ3) is 3.30. The largest absolute Gasteiger partial charge is 0.481 e. The van der Waals surface area contributed by atoms with Gasteiger partial charge in [0.1, 0.15) is 12.2 Å². The van der Waals surface area contributed by atoms with Crippen LogP contribution in [0.3, 0.4) is 0 Å². The van der Waals surface area contributed by atoms with Crippen molar-refractivity contribution in [3.63, 3.8) is 0 Å². The van der Waals surface area contributed by atoms with Gasteiger partial charge in [0.15, 0.2) is 0 Å². The highest BCUT2D eigenvalue weighted by Crippen LogP contribution is 2.08. The summed E-state index contributed by atoms with van der Waals surface area (Å²) in [6, 6.07) is -0.000741. The Kier molecular flexibility index (Phi) is 4.42. The maximum atomic E-state index is 10.6. The molecule has 16 heavy (non-hydrogen) atoms. The van der Waals surface area contributed by atoms with E-state index in [1.165, 1.54) is 6.33 Å². The molecule has 90 valence electrons. The Balaban J connectivity index is 2.61. The molecular formula is C10H18N4O2. The van der Waals surface area contributed by atoms with Gasteiger partial charge in [0.05, 0.1) is 13.0 Å². The number of rotatable bonds is 6. The molecule has 0 aromatic carbocycles. The molecule has 0 amide bonds. The van der Waals surface area contributed by atoms with Crippen molar-refractivity contribution in [1.82, 2.24) is 19.7 Å². The van der Waals surface area contributed by atoms with Crippen LogP contribution in [0.4, 0.5) is 0 Å². The molecule has 1 aromatic rings. The SMILES string of the molecule is CCN(Cc1ncnn1C)C(C)CC(=O)O. The zero-order chi connectivity index (χ0) is 12.1. The van der Waals surface area contributed by atoms with Gasteiger partial charge in [-0.1, -0.05) is 6.92 Å². The Morgan fingerprint density at radius 2 is 2.38 bits per heavy atom. The van der Waals surface area contributed by atoms with E-state index in [0.717, 1.165) is 12.4 Å². The summed E-state index contributed by atoms with van der Waals surface area (Å²) >= 11 is 0. The molecule has 1 atom stereocenters. The molecular weight excluding hydrogens is 208 g/mol. The Bertz CT molecular complexity index is 350. The Hall–Kier alpha value is -1.43. The lowest BCUT2D eigenvalue weighted by Crippen LogP contribution is -2.35. The highest BCUT2D eigenvalue weighted by Gasteiger charge is 2.17. The lowest BCUT2D eigenvalue weighted by atomic mass is 10.2. The van der Waals surface area contributed by atoms with Gasteiger partial charge < -0.3 is 5.11 Å². The summed E-state index contributed by atoms with van der Waals surface area (Å²) in [7, 11) is 1.83. The second-order valence-corrected chi connectivity index (χ2v) is 3.81. The molecule has 1 unspecified atom stereocenters. The summed E-state index contributed by atoms with van der Waals surface area (Å²) in [5, 5.41) is 12.7. The highest BCUT2D eigenvalue weighted by atomic mass is 16.4. The third-order valence-corrected chi connectivity index (χ3v) is 2.65. The lowest BCUT2D eigenvalue weighted by Gasteiger charge is -2.25. The van der Waals surface area contributed by atoms with Gasteiger partial charge in [0.25, 0.3) is 0 Å². The quantitative estimate of drug-likeness (QED) is 0.764. The van der Waals surface area contributed by atoms with Crippen LogP contribution in [0, 0.1) is 0 Å². The maximum Gasteiger partial charge on any atom is 0.304 e. The van der Waals surface area contributed by atoms with Crippen molar-refractivity contribution >= 4 is 5.97 Å². The first kappa shape index (κ1) is 12.6. The molecule has 1 aromatic heterocycles. The van der Waals surface area contributed by atoms with Crippen molar-refractivity contribution < 1.29 is 9.90 Å². The van der Waals surface area contributed by atoms with Crippen LogP contribution < -0.4 is 0 Å². The molecule has 0 saturated heterocycles. The monoisotopic (exact) mass is 226 g/mol. The molecule has 0 spiro atoms. The molecule has 6 nitrogen and oxygen atoms in total. The normalized spacial score (nSPS) is 13.0. The van der Waals surface area contributed by atoms with E-state index in [4.69, 9.17) is 5.11 Å². The average molecular weight is 226 g/mol. The number of hydrogen-bond acceptors (Lipinski definition) is 4. The predicted molar refractivity (Wildman–Crippen MR) is 58.8 cm³/mol. The predicted octanol–water partition coefficient (Wildman–Crippen LogP) is 0.500. The van der Waals surface area contributed by atoms with Crippen molar-refractivity contribution in [2.45, 2.75) is 32.9 Å². The van der Waals surface area contributed by atoms with Crippen molar-refractivity contribution in [3.05, 3.63) is 12.2 Å². The molecule has 0 fully saturated rings. The van der Waals surface area contributed by atoms with Crippen LogP contribution in [0.25, 0.3) is 0 Å². The van der Waals surface area contributed by atoms with Gasteiger partial charge in [-0.25, -0.2) is 4.98 Å². The first-order chi connectivity index (χ1) is 7.54. The summed E-state index contributed by atoms with van der Waals surface area (Å²) in [4.78, 5) is 16.8. The number of hydrogen-bond donors (Lipinski definition) is 1. The summed E-state index contributed by atoms with van der Waals surface area (Å²) in [6.45, 7) is 5.34. The average Bonchev–Trinajstić information content (AvgIpc) is 2.59. The first-order valence-corrected chi connectivity index (χ1v) is 5.33. The fourth-order valence-corrected chi connectivity index (χ4v) is 1.61. The Morgan fingerprint density at radius 3 is 2.81 bits per heavy atom.